The molecule has 6 nitrogen and oxygen atoms in total. The summed E-state index contributed by atoms with van der Waals surface area (Å²) in [4.78, 5) is 24.2. The lowest BCUT2D eigenvalue weighted by molar-refractivity contribution is -0.144. The van der Waals surface area contributed by atoms with Crippen LogP contribution in [0.15, 0.2) is 48.5 Å². The molecule has 1 aliphatic heterocycles. The van der Waals surface area contributed by atoms with Gasteiger partial charge in [0.05, 0.1) is 12.3 Å². The highest BCUT2D eigenvalue weighted by molar-refractivity contribution is 5.98. The van der Waals surface area contributed by atoms with E-state index in [4.69, 9.17) is 9.47 Å². The molecule has 1 aliphatic rings. The van der Waals surface area contributed by atoms with Crippen LogP contribution in [0.25, 0.3) is 0 Å². The predicted molar refractivity (Wildman–Crippen MR) is 99.4 cm³/mol. The number of carbonyl (C=O) groups is 2. The molecule has 136 valence electrons. The molecule has 0 spiro atoms. The van der Waals surface area contributed by atoms with Gasteiger partial charge in [0.1, 0.15) is 11.8 Å². The highest BCUT2D eigenvalue weighted by Crippen LogP contribution is 2.32. The van der Waals surface area contributed by atoms with Gasteiger partial charge < -0.3 is 20.1 Å². The molecule has 1 heterocycles. The van der Waals surface area contributed by atoms with Gasteiger partial charge in [-0.3, -0.25) is 4.79 Å². The van der Waals surface area contributed by atoms with Crippen LogP contribution in [0.4, 0.5) is 11.4 Å². The van der Waals surface area contributed by atoms with E-state index in [1.54, 1.807) is 26.0 Å². The minimum atomic E-state index is -0.533. The third kappa shape index (κ3) is 4.14. The first-order valence-corrected chi connectivity index (χ1v) is 8.65. The van der Waals surface area contributed by atoms with Gasteiger partial charge in [-0.1, -0.05) is 30.3 Å². The van der Waals surface area contributed by atoms with Crippen LogP contribution >= 0.6 is 0 Å². The number of hydrogen-bond acceptors (Lipinski definition) is 5. The van der Waals surface area contributed by atoms with Crippen LogP contribution in [-0.4, -0.2) is 30.6 Å². The molecule has 0 aliphatic carbocycles. The second kappa shape index (κ2) is 7.91. The summed E-state index contributed by atoms with van der Waals surface area (Å²) < 4.78 is 10.8. The van der Waals surface area contributed by atoms with Crippen molar-refractivity contribution in [2.24, 2.45) is 0 Å². The first-order chi connectivity index (χ1) is 12.6. The van der Waals surface area contributed by atoms with E-state index in [2.05, 4.69) is 10.6 Å². The van der Waals surface area contributed by atoms with Gasteiger partial charge in [-0.2, -0.15) is 0 Å². The quantitative estimate of drug-likeness (QED) is 0.780. The van der Waals surface area contributed by atoms with Crippen molar-refractivity contribution in [2.75, 3.05) is 17.2 Å². The third-order valence-corrected chi connectivity index (χ3v) is 4.11. The van der Waals surface area contributed by atoms with Gasteiger partial charge in [0.2, 0.25) is 0 Å². The predicted octanol–water partition coefficient (Wildman–Crippen LogP) is 2.99. The number of carbonyl (C=O) groups excluding carboxylic acids is 2. The second-order valence-corrected chi connectivity index (χ2v) is 6.10. The van der Waals surface area contributed by atoms with Gasteiger partial charge in [-0.25, -0.2) is 4.79 Å². The molecule has 0 bridgehead atoms. The normalized spacial score (nSPS) is 16.7. The maximum absolute atomic E-state index is 12.4. The molecule has 0 saturated carbocycles. The fourth-order valence-electron chi connectivity index (χ4n) is 2.79. The van der Waals surface area contributed by atoms with Crippen molar-refractivity contribution in [3.63, 3.8) is 0 Å². The van der Waals surface area contributed by atoms with Gasteiger partial charge in [-0.05, 0) is 37.6 Å². The lowest BCUT2D eigenvalue weighted by Gasteiger charge is -2.25. The molecule has 2 aromatic rings. The fraction of sp³-hybridized carbons (Fsp3) is 0.300. The molecule has 0 aromatic heterocycles. The van der Waals surface area contributed by atoms with Gasteiger partial charge >= 0.3 is 5.97 Å². The molecule has 1 amide bonds. The fourth-order valence-corrected chi connectivity index (χ4v) is 2.79. The molecule has 0 radical (unpaired) electrons. The molecular weight excluding hydrogens is 332 g/mol. The highest BCUT2D eigenvalue weighted by Gasteiger charge is 2.25. The molecule has 0 fully saturated rings. The van der Waals surface area contributed by atoms with Crippen molar-refractivity contribution < 1.29 is 19.1 Å². The first-order valence-electron chi connectivity index (χ1n) is 8.65. The van der Waals surface area contributed by atoms with Crippen LogP contribution in [0.1, 0.15) is 19.4 Å². The summed E-state index contributed by atoms with van der Waals surface area (Å²) in [6, 6.07) is 14.6. The van der Waals surface area contributed by atoms with Crippen molar-refractivity contribution >= 4 is 23.3 Å². The summed E-state index contributed by atoms with van der Waals surface area (Å²) in [7, 11) is 0. The van der Waals surface area contributed by atoms with Crippen LogP contribution in [0, 0.1) is 0 Å². The van der Waals surface area contributed by atoms with Gasteiger partial charge in [0.15, 0.2) is 6.10 Å². The summed E-state index contributed by atoms with van der Waals surface area (Å²) in [5, 5.41) is 6.01. The molecule has 2 unspecified atom stereocenters. The molecule has 2 aromatic carbocycles. The van der Waals surface area contributed by atoms with Crippen molar-refractivity contribution in [1.29, 1.82) is 0 Å². The molecule has 26 heavy (non-hydrogen) atoms. The number of esters is 1. The van der Waals surface area contributed by atoms with Crippen molar-refractivity contribution in [1.82, 2.24) is 0 Å². The number of ether oxygens (including phenoxy) is 2. The van der Waals surface area contributed by atoms with Crippen LogP contribution in [0.3, 0.4) is 0 Å². The van der Waals surface area contributed by atoms with E-state index in [0.29, 0.717) is 30.2 Å². The Morgan fingerprint density at radius 3 is 2.77 bits per heavy atom. The van der Waals surface area contributed by atoms with Crippen LogP contribution in [0.5, 0.6) is 5.75 Å². The zero-order valence-electron chi connectivity index (χ0n) is 14.8. The highest BCUT2D eigenvalue weighted by atomic mass is 16.5. The van der Waals surface area contributed by atoms with E-state index < -0.39 is 12.1 Å². The molecular formula is C20H22N2O4. The number of fused-ring (bicyclic) bond motifs is 1. The first kappa shape index (κ1) is 17.8. The molecule has 2 atom stereocenters. The molecule has 6 heteroatoms. The van der Waals surface area contributed by atoms with E-state index in [-0.39, 0.29) is 11.9 Å². The van der Waals surface area contributed by atoms with Gasteiger partial charge in [-0.15, -0.1) is 0 Å². The summed E-state index contributed by atoms with van der Waals surface area (Å²) >= 11 is 0. The summed E-state index contributed by atoms with van der Waals surface area (Å²) in [5.74, 6) is 0.0993. The average Bonchev–Trinajstić information content (AvgIpc) is 2.63. The SMILES string of the molecule is CCOC(=O)C(Cc1ccccc1)Nc1ccc2c(c1)NC(=O)C(C)O2. The molecule has 0 saturated heterocycles. The number of rotatable bonds is 6. The Labute approximate surface area is 152 Å². The van der Waals surface area contributed by atoms with Crippen LogP contribution in [0.2, 0.25) is 0 Å². The van der Waals surface area contributed by atoms with Gasteiger partial charge in [0, 0.05) is 12.1 Å². The summed E-state index contributed by atoms with van der Waals surface area (Å²) in [5.41, 5.74) is 2.32. The minimum absolute atomic E-state index is 0.194. The maximum Gasteiger partial charge on any atom is 0.328 e. The Morgan fingerprint density at radius 1 is 1.27 bits per heavy atom. The smallest absolute Gasteiger partial charge is 0.328 e. The standard InChI is InChI=1S/C20H22N2O4/c1-3-25-20(24)17(11-14-7-5-4-6-8-14)21-15-9-10-18-16(12-15)22-19(23)13(2)26-18/h4-10,12-13,17,21H,3,11H2,1-2H3,(H,22,23). The zero-order chi connectivity index (χ0) is 18.5. The zero-order valence-corrected chi connectivity index (χ0v) is 14.8. The van der Waals surface area contributed by atoms with E-state index in [0.717, 1.165) is 5.56 Å². The summed E-state index contributed by atoms with van der Waals surface area (Å²) in [6.07, 6.45) is -0.0249. The molecule has 3 rings (SSSR count). The minimum Gasteiger partial charge on any atom is -0.479 e. The van der Waals surface area contributed by atoms with E-state index >= 15 is 0 Å². The largest absolute Gasteiger partial charge is 0.479 e. The Balaban J connectivity index is 1.79. The van der Waals surface area contributed by atoms with Gasteiger partial charge in [0.25, 0.3) is 5.91 Å². The lowest BCUT2D eigenvalue weighted by atomic mass is 10.1. The number of anilines is 2. The van der Waals surface area contributed by atoms with Crippen LogP contribution in [-0.2, 0) is 20.7 Å². The Kier molecular flexibility index (Phi) is 5.41. The lowest BCUT2D eigenvalue weighted by Crippen LogP contribution is -2.35. The van der Waals surface area contributed by atoms with Crippen molar-refractivity contribution in [3.8, 4) is 5.75 Å². The number of benzene rings is 2. The Morgan fingerprint density at radius 2 is 2.04 bits per heavy atom. The van der Waals surface area contributed by atoms with E-state index in [1.165, 1.54) is 0 Å². The third-order valence-electron chi connectivity index (χ3n) is 4.11. The summed E-state index contributed by atoms with van der Waals surface area (Å²) in [6.45, 7) is 3.79. The van der Waals surface area contributed by atoms with Crippen molar-refractivity contribution in [3.05, 3.63) is 54.1 Å². The topological polar surface area (TPSA) is 76.7 Å². The number of amides is 1. The number of nitrogens with one attached hydrogen (secondary N) is 2. The maximum atomic E-state index is 12.4. The second-order valence-electron chi connectivity index (χ2n) is 6.10. The Bertz CT molecular complexity index is 792. The monoisotopic (exact) mass is 354 g/mol. The number of hydrogen-bond donors (Lipinski definition) is 2. The molecule has 2 N–H and O–H groups in total. The Hall–Kier alpha value is -3.02. The van der Waals surface area contributed by atoms with Crippen molar-refractivity contribution in [2.45, 2.75) is 32.4 Å². The average molecular weight is 354 g/mol. The van der Waals surface area contributed by atoms with E-state index in [9.17, 15) is 9.59 Å². The van der Waals surface area contributed by atoms with E-state index in [1.807, 2.05) is 36.4 Å². The van der Waals surface area contributed by atoms with Crippen LogP contribution < -0.4 is 15.4 Å².